The molecule has 0 aliphatic heterocycles. The largest absolute Gasteiger partial charge is 0.460 e. The fourth-order valence-electron chi connectivity index (χ4n) is 1.32. The third kappa shape index (κ3) is 2.17. The molecule has 0 bridgehead atoms. The number of hydrogen-bond donors (Lipinski definition) is 0. The molecule has 0 saturated carbocycles. The van der Waals surface area contributed by atoms with E-state index in [1.807, 2.05) is 0 Å². The Balaban J connectivity index is 2.30. The minimum absolute atomic E-state index is 0.117. The smallest absolute Gasteiger partial charge is 0.379 e. The van der Waals surface area contributed by atoms with Crippen molar-refractivity contribution in [1.82, 2.24) is 15.1 Å². The molecular weight excluding hydrogens is 226 g/mol. The van der Waals surface area contributed by atoms with Gasteiger partial charge in [-0.2, -0.15) is 4.98 Å². The van der Waals surface area contributed by atoms with Crippen LogP contribution in [0.15, 0.2) is 8.94 Å². The van der Waals surface area contributed by atoms with E-state index in [-0.39, 0.29) is 18.3 Å². The van der Waals surface area contributed by atoms with Crippen molar-refractivity contribution < 1.29 is 18.5 Å². The van der Waals surface area contributed by atoms with Gasteiger partial charge in [-0.1, -0.05) is 0 Å². The van der Waals surface area contributed by atoms with Crippen LogP contribution in [0.4, 0.5) is 0 Å². The lowest BCUT2D eigenvalue weighted by atomic mass is 10.4. The van der Waals surface area contributed by atoms with Gasteiger partial charge in [0.2, 0.25) is 5.76 Å². The number of rotatable bonds is 3. The second-order valence-electron chi connectivity index (χ2n) is 3.29. The van der Waals surface area contributed by atoms with Crippen LogP contribution in [-0.2, 0) is 4.74 Å². The zero-order chi connectivity index (χ0) is 12.4. The van der Waals surface area contributed by atoms with Crippen molar-refractivity contribution in [2.75, 3.05) is 6.61 Å². The molecule has 2 heterocycles. The van der Waals surface area contributed by atoms with E-state index in [2.05, 4.69) is 15.1 Å². The molecule has 2 rings (SSSR count). The standard InChI is InChI=1S/C10H11N3O4/c1-4-15-10(14)8-12-9(17-13-8)7-5(2)11-6(3)16-7/h4H2,1-3H3. The van der Waals surface area contributed by atoms with E-state index >= 15 is 0 Å². The molecule has 2 aromatic rings. The highest BCUT2D eigenvalue weighted by Crippen LogP contribution is 2.22. The molecule has 90 valence electrons. The summed E-state index contributed by atoms with van der Waals surface area (Å²) in [7, 11) is 0. The highest BCUT2D eigenvalue weighted by Gasteiger charge is 2.20. The molecule has 7 nitrogen and oxygen atoms in total. The number of oxazole rings is 1. The Bertz CT molecular complexity index is 543. The maximum Gasteiger partial charge on any atom is 0.379 e. The Labute approximate surface area is 96.8 Å². The van der Waals surface area contributed by atoms with E-state index in [4.69, 9.17) is 13.7 Å². The number of ether oxygens (including phenoxy) is 1. The van der Waals surface area contributed by atoms with E-state index in [0.717, 1.165) is 0 Å². The lowest BCUT2D eigenvalue weighted by Crippen LogP contribution is -2.06. The van der Waals surface area contributed by atoms with Crippen molar-refractivity contribution in [3.8, 4) is 11.7 Å². The SMILES string of the molecule is CCOC(=O)c1noc(-c2oc(C)nc2C)n1. The minimum atomic E-state index is -0.628. The predicted octanol–water partition coefficient (Wildman–Crippen LogP) is 1.52. The molecule has 0 aliphatic rings. The fraction of sp³-hybridized carbons (Fsp3) is 0.400. The maximum absolute atomic E-state index is 11.3. The van der Waals surface area contributed by atoms with E-state index < -0.39 is 5.97 Å². The van der Waals surface area contributed by atoms with Gasteiger partial charge in [-0.3, -0.25) is 0 Å². The summed E-state index contributed by atoms with van der Waals surface area (Å²) in [5.41, 5.74) is 0.626. The molecule has 0 N–H and O–H groups in total. The summed E-state index contributed by atoms with van der Waals surface area (Å²) in [4.78, 5) is 19.3. The number of esters is 1. The molecule has 0 spiro atoms. The second-order valence-corrected chi connectivity index (χ2v) is 3.29. The minimum Gasteiger partial charge on any atom is -0.460 e. The van der Waals surface area contributed by atoms with Crippen molar-refractivity contribution in [1.29, 1.82) is 0 Å². The van der Waals surface area contributed by atoms with Gasteiger partial charge in [0, 0.05) is 6.92 Å². The average molecular weight is 237 g/mol. The van der Waals surface area contributed by atoms with Gasteiger partial charge in [-0.05, 0) is 19.0 Å². The van der Waals surface area contributed by atoms with Gasteiger partial charge in [0.1, 0.15) is 0 Å². The van der Waals surface area contributed by atoms with Crippen molar-refractivity contribution in [2.45, 2.75) is 20.8 Å². The van der Waals surface area contributed by atoms with Crippen LogP contribution in [-0.4, -0.2) is 27.7 Å². The number of hydrogen-bond acceptors (Lipinski definition) is 7. The van der Waals surface area contributed by atoms with Crippen molar-refractivity contribution >= 4 is 5.97 Å². The van der Waals surface area contributed by atoms with Crippen molar-refractivity contribution in [2.24, 2.45) is 0 Å². The van der Waals surface area contributed by atoms with Crippen LogP contribution in [0.2, 0.25) is 0 Å². The number of nitrogens with zero attached hydrogens (tertiary/aromatic N) is 3. The summed E-state index contributed by atoms with van der Waals surface area (Å²) in [6.45, 7) is 5.41. The topological polar surface area (TPSA) is 91.2 Å². The molecular formula is C10H11N3O4. The first-order chi connectivity index (χ1) is 8.11. The lowest BCUT2D eigenvalue weighted by molar-refractivity contribution is 0.0508. The Morgan fingerprint density at radius 1 is 1.35 bits per heavy atom. The first-order valence-electron chi connectivity index (χ1n) is 5.07. The van der Waals surface area contributed by atoms with Gasteiger partial charge in [0.15, 0.2) is 5.89 Å². The van der Waals surface area contributed by atoms with Crippen LogP contribution in [0.25, 0.3) is 11.7 Å². The van der Waals surface area contributed by atoms with Crippen LogP contribution in [0.5, 0.6) is 0 Å². The Kier molecular flexibility index (Phi) is 2.90. The van der Waals surface area contributed by atoms with Crippen LogP contribution in [0.1, 0.15) is 29.1 Å². The highest BCUT2D eigenvalue weighted by atomic mass is 16.5. The first kappa shape index (κ1) is 11.3. The third-order valence-electron chi connectivity index (χ3n) is 1.98. The van der Waals surface area contributed by atoms with Gasteiger partial charge < -0.3 is 13.7 Å². The van der Waals surface area contributed by atoms with Gasteiger partial charge in [-0.25, -0.2) is 9.78 Å². The van der Waals surface area contributed by atoms with Gasteiger partial charge in [0.05, 0.1) is 12.3 Å². The summed E-state index contributed by atoms with van der Waals surface area (Å²) in [5.74, 6) is 0.219. The van der Waals surface area contributed by atoms with E-state index in [0.29, 0.717) is 17.3 Å². The highest BCUT2D eigenvalue weighted by molar-refractivity contribution is 5.85. The number of aromatic nitrogens is 3. The first-order valence-corrected chi connectivity index (χ1v) is 5.07. The van der Waals surface area contributed by atoms with E-state index in [9.17, 15) is 4.79 Å². The molecule has 0 fully saturated rings. The molecule has 0 aromatic carbocycles. The number of carbonyl (C=O) groups excluding carboxylic acids is 1. The summed E-state index contributed by atoms with van der Waals surface area (Å²) < 4.78 is 15.0. The maximum atomic E-state index is 11.3. The van der Waals surface area contributed by atoms with Gasteiger partial charge >= 0.3 is 5.97 Å². The van der Waals surface area contributed by atoms with E-state index in [1.54, 1.807) is 20.8 Å². The van der Waals surface area contributed by atoms with E-state index in [1.165, 1.54) is 0 Å². The predicted molar refractivity (Wildman–Crippen MR) is 55.2 cm³/mol. The van der Waals surface area contributed by atoms with Crippen LogP contribution in [0, 0.1) is 13.8 Å². The normalized spacial score (nSPS) is 10.5. The lowest BCUT2D eigenvalue weighted by Gasteiger charge is -1.93. The molecule has 0 atom stereocenters. The van der Waals surface area contributed by atoms with Crippen LogP contribution in [0.3, 0.4) is 0 Å². The Hall–Kier alpha value is -2.18. The molecule has 0 amide bonds. The third-order valence-corrected chi connectivity index (χ3v) is 1.98. The number of carbonyl (C=O) groups is 1. The fourth-order valence-corrected chi connectivity index (χ4v) is 1.32. The summed E-state index contributed by atoms with van der Waals surface area (Å²) in [6.07, 6.45) is 0. The molecule has 0 radical (unpaired) electrons. The molecule has 0 aliphatic carbocycles. The summed E-state index contributed by atoms with van der Waals surface area (Å²) >= 11 is 0. The zero-order valence-electron chi connectivity index (χ0n) is 9.68. The van der Waals surface area contributed by atoms with Crippen LogP contribution >= 0.6 is 0 Å². The summed E-state index contributed by atoms with van der Waals surface area (Å²) in [5, 5.41) is 3.51. The number of aryl methyl sites for hydroxylation is 2. The molecule has 0 saturated heterocycles. The monoisotopic (exact) mass is 237 g/mol. The second kappa shape index (κ2) is 4.36. The van der Waals surface area contributed by atoms with Crippen LogP contribution < -0.4 is 0 Å². The average Bonchev–Trinajstić information content (AvgIpc) is 2.85. The summed E-state index contributed by atoms with van der Waals surface area (Å²) in [6, 6.07) is 0. The molecule has 0 unspecified atom stereocenters. The molecule has 7 heteroatoms. The van der Waals surface area contributed by atoms with Crippen molar-refractivity contribution in [3.05, 3.63) is 17.4 Å². The Morgan fingerprint density at radius 3 is 2.71 bits per heavy atom. The molecule has 17 heavy (non-hydrogen) atoms. The Morgan fingerprint density at radius 2 is 2.12 bits per heavy atom. The molecule has 2 aromatic heterocycles. The van der Waals surface area contributed by atoms with Gasteiger partial charge in [0.25, 0.3) is 11.7 Å². The van der Waals surface area contributed by atoms with Gasteiger partial charge in [-0.15, -0.1) is 0 Å². The van der Waals surface area contributed by atoms with Crippen molar-refractivity contribution in [3.63, 3.8) is 0 Å². The zero-order valence-corrected chi connectivity index (χ0v) is 9.68. The quantitative estimate of drug-likeness (QED) is 0.747.